The quantitative estimate of drug-likeness (QED) is 0.765. The van der Waals surface area contributed by atoms with Gasteiger partial charge in [-0.1, -0.05) is 15.9 Å². The van der Waals surface area contributed by atoms with Crippen molar-refractivity contribution in [2.24, 2.45) is 0 Å². The van der Waals surface area contributed by atoms with E-state index in [1.54, 1.807) is 12.1 Å². The van der Waals surface area contributed by atoms with Crippen LogP contribution in [0.5, 0.6) is 5.75 Å². The van der Waals surface area contributed by atoms with Gasteiger partial charge in [0.1, 0.15) is 11.3 Å². The second kappa shape index (κ2) is 4.46. The third kappa shape index (κ3) is 1.90. The Balaban J connectivity index is 3.31. The Morgan fingerprint density at radius 1 is 1.36 bits per heavy atom. The van der Waals surface area contributed by atoms with E-state index in [1.807, 2.05) is 6.92 Å². The number of carbonyl (C=O) groups is 1. The molecule has 4 heteroatoms. The first-order valence-electron chi connectivity index (χ1n) is 4.03. The molecule has 0 aliphatic carbocycles. The highest BCUT2D eigenvalue weighted by atomic mass is 79.9. The van der Waals surface area contributed by atoms with Crippen molar-refractivity contribution in [2.75, 3.05) is 14.2 Å². The average Bonchev–Trinajstić information content (AvgIpc) is 2.20. The summed E-state index contributed by atoms with van der Waals surface area (Å²) in [6, 6.07) is 3.46. The number of carbonyl (C=O) groups excluding carboxylic acids is 1. The fourth-order valence-corrected chi connectivity index (χ4v) is 1.51. The van der Waals surface area contributed by atoms with E-state index in [0.717, 1.165) is 10.0 Å². The SMILES string of the molecule is COC(=O)c1ccc(Br)c(C)c1OC. The molecule has 0 N–H and O–H groups in total. The van der Waals surface area contributed by atoms with Crippen LogP contribution in [-0.4, -0.2) is 20.2 Å². The lowest BCUT2D eigenvalue weighted by Gasteiger charge is -2.10. The summed E-state index contributed by atoms with van der Waals surface area (Å²) in [5, 5.41) is 0. The smallest absolute Gasteiger partial charge is 0.341 e. The zero-order valence-corrected chi connectivity index (χ0v) is 9.84. The standard InChI is InChI=1S/C10H11BrO3/c1-6-8(11)5-4-7(9(6)13-2)10(12)14-3/h4-5H,1-3H3. The molecule has 76 valence electrons. The second-order valence-electron chi connectivity index (χ2n) is 2.74. The molecule has 0 heterocycles. The Kier molecular flexibility index (Phi) is 3.52. The second-order valence-corrected chi connectivity index (χ2v) is 3.60. The molecule has 0 atom stereocenters. The molecule has 1 aromatic carbocycles. The van der Waals surface area contributed by atoms with Gasteiger partial charge in [-0.05, 0) is 19.1 Å². The molecule has 3 nitrogen and oxygen atoms in total. The Bertz CT molecular complexity index is 361. The molecule has 0 aliphatic rings. The summed E-state index contributed by atoms with van der Waals surface area (Å²) < 4.78 is 10.7. The highest BCUT2D eigenvalue weighted by Gasteiger charge is 2.15. The highest BCUT2D eigenvalue weighted by molar-refractivity contribution is 9.10. The molecule has 1 aromatic rings. The molecule has 0 unspecified atom stereocenters. The molecule has 14 heavy (non-hydrogen) atoms. The lowest BCUT2D eigenvalue weighted by molar-refractivity contribution is 0.0597. The van der Waals surface area contributed by atoms with Gasteiger partial charge in [-0.3, -0.25) is 0 Å². The first-order chi connectivity index (χ1) is 6.61. The summed E-state index contributed by atoms with van der Waals surface area (Å²) in [4.78, 5) is 11.3. The molecular formula is C10H11BrO3. The van der Waals surface area contributed by atoms with E-state index >= 15 is 0 Å². The number of methoxy groups -OCH3 is 2. The molecule has 0 radical (unpaired) electrons. The van der Waals surface area contributed by atoms with E-state index in [9.17, 15) is 4.79 Å². The molecule has 0 saturated heterocycles. The normalized spacial score (nSPS) is 9.71. The number of halogens is 1. The molecule has 0 amide bonds. The predicted molar refractivity (Wildman–Crippen MR) is 56.8 cm³/mol. The van der Waals surface area contributed by atoms with E-state index < -0.39 is 5.97 Å². The van der Waals surface area contributed by atoms with Gasteiger partial charge in [0.2, 0.25) is 0 Å². The Hall–Kier alpha value is -1.03. The largest absolute Gasteiger partial charge is 0.496 e. The van der Waals surface area contributed by atoms with Crippen LogP contribution in [0.2, 0.25) is 0 Å². The zero-order chi connectivity index (χ0) is 10.7. The Labute approximate surface area is 91.1 Å². The van der Waals surface area contributed by atoms with Crippen molar-refractivity contribution >= 4 is 21.9 Å². The molecule has 0 aromatic heterocycles. The maximum atomic E-state index is 11.3. The van der Waals surface area contributed by atoms with Crippen LogP contribution in [0.4, 0.5) is 0 Å². The third-order valence-electron chi connectivity index (χ3n) is 1.95. The number of hydrogen-bond acceptors (Lipinski definition) is 3. The molecular weight excluding hydrogens is 248 g/mol. The van der Waals surface area contributed by atoms with E-state index in [4.69, 9.17) is 4.74 Å². The summed E-state index contributed by atoms with van der Waals surface area (Å²) in [6.45, 7) is 1.87. The summed E-state index contributed by atoms with van der Waals surface area (Å²) in [5.41, 5.74) is 1.33. The average molecular weight is 259 g/mol. The van der Waals surface area contributed by atoms with Gasteiger partial charge < -0.3 is 9.47 Å². The highest BCUT2D eigenvalue weighted by Crippen LogP contribution is 2.30. The van der Waals surface area contributed by atoms with Gasteiger partial charge in [0.15, 0.2) is 0 Å². The van der Waals surface area contributed by atoms with E-state index in [1.165, 1.54) is 14.2 Å². The summed E-state index contributed by atoms with van der Waals surface area (Å²) in [6.07, 6.45) is 0. The van der Waals surface area contributed by atoms with Crippen LogP contribution in [0.25, 0.3) is 0 Å². The third-order valence-corrected chi connectivity index (χ3v) is 2.81. The number of hydrogen-bond donors (Lipinski definition) is 0. The monoisotopic (exact) mass is 258 g/mol. The lowest BCUT2D eigenvalue weighted by atomic mass is 10.1. The maximum Gasteiger partial charge on any atom is 0.341 e. The minimum Gasteiger partial charge on any atom is -0.496 e. The zero-order valence-electron chi connectivity index (χ0n) is 8.26. The van der Waals surface area contributed by atoms with Crippen molar-refractivity contribution in [3.05, 3.63) is 27.7 Å². The van der Waals surface area contributed by atoms with Crippen molar-refractivity contribution in [1.29, 1.82) is 0 Å². The lowest BCUT2D eigenvalue weighted by Crippen LogP contribution is -2.05. The van der Waals surface area contributed by atoms with E-state index in [2.05, 4.69) is 20.7 Å². The van der Waals surface area contributed by atoms with Crippen LogP contribution in [0.15, 0.2) is 16.6 Å². The van der Waals surface area contributed by atoms with E-state index in [0.29, 0.717) is 11.3 Å². The van der Waals surface area contributed by atoms with Gasteiger partial charge in [-0.2, -0.15) is 0 Å². The molecule has 1 rings (SSSR count). The van der Waals surface area contributed by atoms with Gasteiger partial charge in [0, 0.05) is 10.0 Å². The van der Waals surface area contributed by atoms with Gasteiger partial charge in [0.25, 0.3) is 0 Å². The van der Waals surface area contributed by atoms with Gasteiger partial charge in [-0.25, -0.2) is 4.79 Å². The Morgan fingerprint density at radius 3 is 2.50 bits per heavy atom. The number of esters is 1. The van der Waals surface area contributed by atoms with Crippen LogP contribution < -0.4 is 4.74 Å². The molecule has 0 spiro atoms. The van der Waals surface area contributed by atoms with Gasteiger partial charge in [-0.15, -0.1) is 0 Å². The number of ether oxygens (including phenoxy) is 2. The summed E-state index contributed by atoms with van der Waals surface area (Å²) in [7, 11) is 2.88. The Morgan fingerprint density at radius 2 is 2.00 bits per heavy atom. The van der Waals surface area contributed by atoms with Crippen molar-refractivity contribution in [3.8, 4) is 5.75 Å². The fraction of sp³-hybridized carbons (Fsp3) is 0.300. The molecule has 0 saturated carbocycles. The molecule has 0 fully saturated rings. The van der Waals surface area contributed by atoms with Crippen molar-refractivity contribution in [1.82, 2.24) is 0 Å². The van der Waals surface area contributed by atoms with Gasteiger partial charge in [0.05, 0.1) is 14.2 Å². The number of benzene rings is 1. The van der Waals surface area contributed by atoms with Crippen molar-refractivity contribution in [3.63, 3.8) is 0 Å². The minimum absolute atomic E-state index is 0.391. The molecule has 0 bridgehead atoms. The van der Waals surface area contributed by atoms with Crippen LogP contribution in [0.1, 0.15) is 15.9 Å². The first-order valence-corrected chi connectivity index (χ1v) is 4.82. The van der Waals surface area contributed by atoms with Crippen LogP contribution in [0, 0.1) is 6.92 Å². The topological polar surface area (TPSA) is 35.5 Å². The minimum atomic E-state index is -0.391. The summed E-state index contributed by atoms with van der Waals surface area (Å²) in [5.74, 6) is 0.156. The molecule has 0 aliphatic heterocycles. The van der Waals surface area contributed by atoms with Crippen LogP contribution >= 0.6 is 15.9 Å². The van der Waals surface area contributed by atoms with E-state index in [-0.39, 0.29) is 0 Å². The fourth-order valence-electron chi connectivity index (χ4n) is 1.20. The van der Waals surface area contributed by atoms with Crippen LogP contribution in [-0.2, 0) is 4.74 Å². The predicted octanol–water partition coefficient (Wildman–Crippen LogP) is 2.55. The maximum absolute atomic E-state index is 11.3. The number of rotatable bonds is 2. The van der Waals surface area contributed by atoms with Crippen molar-refractivity contribution in [2.45, 2.75) is 6.92 Å². The van der Waals surface area contributed by atoms with Gasteiger partial charge >= 0.3 is 5.97 Å². The van der Waals surface area contributed by atoms with Crippen molar-refractivity contribution < 1.29 is 14.3 Å². The summed E-state index contributed by atoms with van der Waals surface area (Å²) >= 11 is 3.36. The van der Waals surface area contributed by atoms with Crippen LogP contribution in [0.3, 0.4) is 0 Å². The first kappa shape index (κ1) is 11.0.